The molecule has 17 nitrogen and oxygen atoms in total. The molecule has 1 N–H and O–H groups in total. The van der Waals surface area contributed by atoms with Gasteiger partial charge >= 0.3 is 12.1 Å². The Bertz CT molecular complexity index is 2150. The lowest BCUT2D eigenvalue weighted by Gasteiger charge is -2.36. The Morgan fingerprint density at radius 2 is 1.68 bits per heavy atom. The molecule has 4 aromatic rings. The molecule has 0 bridgehead atoms. The van der Waals surface area contributed by atoms with Crippen molar-refractivity contribution in [3.63, 3.8) is 0 Å². The van der Waals surface area contributed by atoms with Crippen molar-refractivity contribution in [2.75, 3.05) is 84.7 Å². The molecule has 6 heterocycles. The molecule has 1 unspecified atom stereocenters. The molecule has 0 spiro atoms. The molecular formula is C36H47F3N12O5S. The van der Waals surface area contributed by atoms with E-state index in [0.717, 1.165) is 24.8 Å². The largest absolute Gasteiger partial charge is 0.741 e. The summed E-state index contributed by atoms with van der Waals surface area (Å²) in [6.45, 7) is 8.15. The Labute approximate surface area is 328 Å². The first kappa shape index (κ1) is 40.2. The number of piperazine rings is 1. The van der Waals surface area contributed by atoms with Gasteiger partial charge in [-0.1, -0.05) is 4.98 Å². The molecule has 0 aromatic carbocycles. The molecular weight excluding hydrogens is 770 g/mol. The van der Waals surface area contributed by atoms with Crippen LogP contribution in [0, 0.1) is 5.21 Å². The zero-order valence-electron chi connectivity index (χ0n) is 32.1. The lowest BCUT2D eigenvalue weighted by Crippen LogP contribution is -2.49. The van der Waals surface area contributed by atoms with Gasteiger partial charge in [0.1, 0.15) is 23.8 Å². The van der Waals surface area contributed by atoms with Gasteiger partial charge in [-0.25, -0.2) is 23.0 Å². The number of aromatic nitrogens is 6. The molecule has 3 fully saturated rings. The number of hydrogen-bond donors (Lipinski definition) is 1. The minimum absolute atomic E-state index is 0.0327. The molecule has 3 aliphatic rings. The fourth-order valence-corrected chi connectivity index (χ4v) is 8.90. The second kappa shape index (κ2) is 16.5. The van der Waals surface area contributed by atoms with E-state index in [4.69, 9.17) is 19.4 Å². The SMILES string of the molecule is C=[N+]([O-])c1ncc(C(C)N(c2cnc3cc(N4CCOCC4)nc(OC4CCC(Nc5ncc(N6CCN(CC(F)(F)F)CC6)cn5)CC4)c3c2)S(C)(=O)=O)n1C. The summed E-state index contributed by atoms with van der Waals surface area (Å²) in [6, 6.07) is 2.92. The molecule has 2 aliphatic heterocycles. The minimum Gasteiger partial charge on any atom is -0.741 e. The molecule has 1 aliphatic carbocycles. The van der Waals surface area contributed by atoms with E-state index in [2.05, 4.69) is 31.9 Å². The molecule has 0 amide bonds. The number of nitrogens with one attached hydrogen (secondary N) is 1. The quantitative estimate of drug-likeness (QED) is 0.0946. The first-order chi connectivity index (χ1) is 27.1. The highest BCUT2D eigenvalue weighted by Gasteiger charge is 2.34. The average molecular weight is 817 g/mol. The number of pyridine rings is 2. The predicted octanol–water partition coefficient (Wildman–Crippen LogP) is 3.85. The number of anilines is 4. The maximum atomic E-state index is 13.4. The zero-order chi connectivity index (χ0) is 40.5. The number of fused-ring (bicyclic) bond motifs is 1. The van der Waals surface area contributed by atoms with Crippen LogP contribution >= 0.6 is 0 Å². The zero-order valence-corrected chi connectivity index (χ0v) is 32.9. The summed E-state index contributed by atoms with van der Waals surface area (Å²) in [5.41, 5.74) is 2.13. The summed E-state index contributed by atoms with van der Waals surface area (Å²) in [5.74, 6) is 1.55. The molecule has 2 saturated heterocycles. The Kier molecular flexibility index (Phi) is 11.6. The van der Waals surface area contributed by atoms with Gasteiger partial charge in [0, 0.05) is 58.1 Å². The lowest BCUT2D eigenvalue weighted by molar-refractivity contribution is -0.362. The van der Waals surface area contributed by atoms with E-state index in [9.17, 15) is 26.8 Å². The van der Waals surface area contributed by atoms with E-state index in [0.29, 0.717) is 110 Å². The van der Waals surface area contributed by atoms with E-state index in [-0.39, 0.29) is 18.1 Å². The maximum absolute atomic E-state index is 13.4. The number of alkyl halides is 3. The smallest absolute Gasteiger partial charge is 0.401 e. The van der Waals surface area contributed by atoms with Gasteiger partial charge in [0.25, 0.3) is 0 Å². The van der Waals surface area contributed by atoms with E-state index in [1.807, 2.05) is 11.0 Å². The number of sulfonamides is 1. The van der Waals surface area contributed by atoms with Crippen molar-refractivity contribution in [3.05, 3.63) is 47.8 Å². The molecule has 4 aromatic heterocycles. The van der Waals surface area contributed by atoms with Crippen molar-refractivity contribution >= 4 is 56.7 Å². The van der Waals surface area contributed by atoms with E-state index in [1.165, 1.54) is 26.2 Å². The monoisotopic (exact) mass is 816 g/mol. The maximum Gasteiger partial charge on any atom is 0.401 e. The van der Waals surface area contributed by atoms with Crippen molar-refractivity contribution in [2.45, 2.75) is 57.0 Å². The van der Waals surface area contributed by atoms with Gasteiger partial charge in [-0.3, -0.25) is 18.9 Å². The van der Waals surface area contributed by atoms with Crippen LogP contribution in [0.25, 0.3) is 10.9 Å². The first-order valence-corrected chi connectivity index (χ1v) is 20.7. The number of rotatable bonds is 12. The molecule has 308 valence electrons. The summed E-state index contributed by atoms with van der Waals surface area (Å²) in [7, 11) is -2.25. The third-order valence-corrected chi connectivity index (χ3v) is 11.9. The number of ether oxygens (including phenoxy) is 2. The van der Waals surface area contributed by atoms with Crippen molar-refractivity contribution in [3.8, 4) is 5.88 Å². The number of halogens is 3. The average Bonchev–Trinajstić information content (AvgIpc) is 3.57. The highest BCUT2D eigenvalue weighted by atomic mass is 32.2. The van der Waals surface area contributed by atoms with Crippen LogP contribution in [-0.4, -0.2) is 138 Å². The van der Waals surface area contributed by atoms with Gasteiger partial charge < -0.3 is 29.8 Å². The summed E-state index contributed by atoms with van der Waals surface area (Å²) < 4.78 is 80.4. The summed E-state index contributed by atoms with van der Waals surface area (Å²) in [5, 5.41) is 15.9. The van der Waals surface area contributed by atoms with Crippen LogP contribution in [0.3, 0.4) is 0 Å². The Hall–Kier alpha value is -5.02. The molecule has 57 heavy (non-hydrogen) atoms. The minimum atomic E-state index is -4.21. The van der Waals surface area contributed by atoms with Crippen molar-refractivity contribution in [1.29, 1.82) is 0 Å². The van der Waals surface area contributed by atoms with Crippen LogP contribution in [0.1, 0.15) is 44.3 Å². The van der Waals surface area contributed by atoms with Crippen LogP contribution in [0.4, 0.5) is 42.3 Å². The molecule has 0 radical (unpaired) electrons. The summed E-state index contributed by atoms with van der Waals surface area (Å²) in [6.07, 6.45) is 6.02. The van der Waals surface area contributed by atoms with Crippen molar-refractivity contribution < 1.29 is 35.8 Å². The fourth-order valence-electron chi connectivity index (χ4n) is 7.73. The van der Waals surface area contributed by atoms with Gasteiger partial charge in [0.2, 0.25) is 21.9 Å². The van der Waals surface area contributed by atoms with Crippen LogP contribution in [0.15, 0.2) is 36.9 Å². The van der Waals surface area contributed by atoms with Crippen LogP contribution in [0.2, 0.25) is 0 Å². The standard InChI is InChI=1S/C36H47F3N12O5S/c1-24(31-22-43-35(46(31)2)47(3)52)51(57(4,53)54)26-17-29-30(40-19-26)18-32(50-13-15-55-16-14-50)45-33(29)56-28-7-5-25(6-8-28)44-34-41-20-27(21-42-34)49-11-9-48(10-12-49)23-36(37,38)39/h17-22,24-25,28H,3,5-16,23H2,1-2,4H3,(H,41,42,44). The summed E-state index contributed by atoms with van der Waals surface area (Å²) >= 11 is 0. The van der Waals surface area contributed by atoms with E-state index < -0.39 is 28.8 Å². The predicted molar refractivity (Wildman–Crippen MR) is 209 cm³/mol. The summed E-state index contributed by atoms with van der Waals surface area (Å²) in [4.78, 5) is 28.3. The van der Waals surface area contributed by atoms with Gasteiger partial charge in [-0.15, -0.1) is 0 Å². The van der Waals surface area contributed by atoms with E-state index in [1.54, 1.807) is 32.4 Å². The molecule has 7 rings (SSSR count). The lowest BCUT2D eigenvalue weighted by atomic mass is 9.93. The highest BCUT2D eigenvalue weighted by Crippen LogP contribution is 2.37. The highest BCUT2D eigenvalue weighted by molar-refractivity contribution is 7.92. The van der Waals surface area contributed by atoms with E-state index >= 15 is 0 Å². The molecule has 1 atom stereocenters. The second-order valence-electron chi connectivity index (χ2n) is 14.7. The Balaban J connectivity index is 1.06. The Morgan fingerprint density at radius 1 is 1.00 bits per heavy atom. The first-order valence-electron chi connectivity index (χ1n) is 18.8. The normalized spacial score (nSPS) is 20.4. The van der Waals surface area contributed by atoms with Crippen molar-refractivity contribution in [1.82, 2.24) is 34.4 Å². The number of hydrogen-bond acceptors (Lipinski definition) is 14. The van der Waals surface area contributed by atoms with Gasteiger partial charge in [-0.2, -0.15) is 18.2 Å². The molecule has 1 saturated carbocycles. The van der Waals surface area contributed by atoms with Crippen molar-refractivity contribution in [2.24, 2.45) is 7.05 Å². The Morgan fingerprint density at radius 3 is 2.30 bits per heavy atom. The topological polar surface area (TPSA) is 173 Å². The third-order valence-electron chi connectivity index (χ3n) is 10.6. The number of imidazole rings is 1. The number of nitrogens with zero attached hydrogens (tertiary/aromatic N) is 11. The number of morpholine rings is 1. The van der Waals surface area contributed by atoms with Crippen LogP contribution < -0.4 is 24.2 Å². The van der Waals surface area contributed by atoms with Gasteiger partial charge in [0.15, 0.2) is 0 Å². The molecule has 21 heteroatoms. The van der Waals surface area contributed by atoms with Gasteiger partial charge in [0.05, 0.1) is 80.0 Å². The van der Waals surface area contributed by atoms with Gasteiger partial charge in [-0.05, 0) is 38.7 Å². The third kappa shape index (κ3) is 9.41. The van der Waals surface area contributed by atoms with Crippen LogP contribution in [-0.2, 0) is 21.8 Å². The fraction of sp³-hybridized carbons (Fsp3) is 0.556. The second-order valence-corrected chi connectivity index (χ2v) is 16.5. The van der Waals surface area contributed by atoms with Crippen LogP contribution in [0.5, 0.6) is 5.88 Å².